The highest BCUT2D eigenvalue weighted by Crippen LogP contribution is 2.12. The Morgan fingerprint density at radius 1 is 1.25 bits per heavy atom. The van der Waals surface area contributed by atoms with Gasteiger partial charge in [-0.05, 0) is 27.2 Å². The highest BCUT2D eigenvalue weighted by molar-refractivity contribution is 5.86. The van der Waals surface area contributed by atoms with E-state index in [1.165, 1.54) is 0 Å². The number of hydrogen-bond donors (Lipinski definition) is 0. The molecule has 0 N–H and O–H groups in total. The average Bonchev–Trinajstić information content (AvgIpc) is 2.24. The highest BCUT2D eigenvalue weighted by atomic mass is 127. The fourth-order valence-electron chi connectivity index (χ4n) is 1.41. The van der Waals surface area contributed by atoms with Gasteiger partial charge in [0.15, 0.2) is 0 Å². The molecule has 0 amide bonds. The van der Waals surface area contributed by atoms with Gasteiger partial charge in [0.1, 0.15) is 19.6 Å². The molecule has 3 nitrogen and oxygen atoms in total. The number of hydroxylamine groups is 3. The third-order valence-corrected chi connectivity index (χ3v) is 2.70. The molecule has 0 fully saturated rings. The first-order valence-electron chi connectivity index (χ1n) is 5.76. The Morgan fingerprint density at radius 2 is 1.75 bits per heavy atom. The molecule has 0 aromatic rings. The van der Waals surface area contributed by atoms with Crippen LogP contribution >= 0.6 is 0 Å². The SMILES string of the molecule is C=C(C)C(=O)O[N+](CC)(CC)CCCC.[I-]. The van der Waals surface area contributed by atoms with E-state index in [1.807, 2.05) is 13.8 Å². The Hall–Kier alpha value is -0.100. The first kappa shape index (κ1) is 18.3. The van der Waals surface area contributed by atoms with Crippen molar-refractivity contribution >= 4 is 5.97 Å². The molecular weight excluding hydrogens is 317 g/mol. The lowest BCUT2D eigenvalue weighted by molar-refractivity contribution is -1.09. The number of hydrogen-bond acceptors (Lipinski definition) is 2. The van der Waals surface area contributed by atoms with Crippen LogP contribution in [0.5, 0.6) is 0 Å². The van der Waals surface area contributed by atoms with E-state index in [4.69, 9.17) is 4.84 Å². The van der Waals surface area contributed by atoms with Gasteiger partial charge in [0, 0.05) is 5.57 Å². The molecule has 0 radical (unpaired) electrons. The molecule has 0 heterocycles. The first-order chi connectivity index (χ1) is 7.01. The van der Waals surface area contributed by atoms with E-state index in [1.54, 1.807) is 6.92 Å². The number of quaternary nitrogens is 1. The number of carbonyl (C=O) groups excluding carboxylic acids is 1. The summed E-state index contributed by atoms with van der Waals surface area (Å²) >= 11 is 0. The van der Waals surface area contributed by atoms with E-state index in [0.717, 1.165) is 32.5 Å². The van der Waals surface area contributed by atoms with E-state index in [-0.39, 0.29) is 29.9 Å². The first-order valence-corrected chi connectivity index (χ1v) is 5.76. The van der Waals surface area contributed by atoms with Gasteiger partial charge in [-0.3, -0.25) is 4.84 Å². The topological polar surface area (TPSA) is 26.3 Å². The summed E-state index contributed by atoms with van der Waals surface area (Å²) in [5.41, 5.74) is 0.468. The lowest BCUT2D eigenvalue weighted by Crippen LogP contribution is -3.00. The Balaban J connectivity index is 0. The van der Waals surface area contributed by atoms with Crippen LogP contribution in [0.4, 0.5) is 0 Å². The lowest BCUT2D eigenvalue weighted by atomic mass is 10.3. The second kappa shape index (κ2) is 8.98. The minimum absolute atomic E-state index is 0. The minimum atomic E-state index is -0.283. The van der Waals surface area contributed by atoms with Crippen LogP contribution in [0.2, 0.25) is 0 Å². The van der Waals surface area contributed by atoms with Crippen molar-refractivity contribution in [3.8, 4) is 0 Å². The van der Waals surface area contributed by atoms with Crippen molar-refractivity contribution in [3.63, 3.8) is 0 Å². The fourth-order valence-corrected chi connectivity index (χ4v) is 1.41. The Kier molecular flexibility index (Phi) is 10.3. The zero-order valence-corrected chi connectivity index (χ0v) is 13.0. The number of rotatable bonds is 7. The van der Waals surface area contributed by atoms with Crippen molar-refractivity contribution in [1.29, 1.82) is 0 Å². The molecule has 0 bridgehead atoms. The monoisotopic (exact) mass is 341 g/mol. The van der Waals surface area contributed by atoms with Crippen molar-refractivity contribution < 1.29 is 38.3 Å². The Bertz CT molecular complexity index is 225. The zero-order chi connectivity index (χ0) is 11.9. The van der Waals surface area contributed by atoms with Gasteiger partial charge in [0.2, 0.25) is 0 Å². The normalized spacial score (nSPS) is 10.5. The highest BCUT2D eigenvalue weighted by Gasteiger charge is 2.28. The standard InChI is InChI=1S/C12H24NO2.HI/c1-6-9-10-13(7-2,8-3)15-12(14)11(4)5;/h4,6-10H2,1-3,5H3;1H/q+1;/p-1. The summed E-state index contributed by atoms with van der Waals surface area (Å²) in [4.78, 5) is 17.0. The quantitative estimate of drug-likeness (QED) is 0.275. The van der Waals surface area contributed by atoms with Crippen LogP contribution in [0, 0.1) is 0 Å². The van der Waals surface area contributed by atoms with E-state index < -0.39 is 0 Å². The molecule has 0 aromatic carbocycles. The molecule has 4 heteroatoms. The summed E-state index contributed by atoms with van der Waals surface area (Å²) in [5.74, 6) is -0.283. The van der Waals surface area contributed by atoms with Crippen molar-refractivity contribution in [3.05, 3.63) is 12.2 Å². The average molecular weight is 341 g/mol. The van der Waals surface area contributed by atoms with Crippen molar-refractivity contribution in [2.45, 2.75) is 40.5 Å². The minimum Gasteiger partial charge on any atom is -1.00 e. The summed E-state index contributed by atoms with van der Waals surface area (Å²) in [5, 5.41) is 0. The molecule has 0 saturated heterocycles. The zero-order valence-electron chi connectivity index (χ0n) is 10.9. The maximum Gasteiger partial charge on any atom is 0.392 e. The molecule has 0 atom stereocenters. The second-order valence-corrected chi connectivity index (χ2v) is 3.93. The molecular formula is C12H24INO2. The van der Waals surface area contributed by atoms with Crippen molar-refractivity contribution in [2.24, 2.45) is 0 Å². The molecule has 0 aliphatic carbocycles. The molecule has 0 rings (SSSR count). The van der Waals surface area contributed by atoms with Crippen molar-refractivity contribution in [2.75, 3.05) is 19.6 Å². The van der Waals surface area contributed by atoms with Gasteiger partial charge in [-0.1, -0.05) is 19.9 Å². The molecule has 16 heavy (non-hydrogen) atoms. The van der Waals surface area contributed by atoms with Crippen LogP contribution in [0.15, 0.2) is 12.2 Å². The molecule has 0 aliphatic rings. The van der Waals surface area contributed by atoms with Gasteiger partial charge in [0.25, 0.3) is 0 Å². The van der Waals surface area contributed by atoms with Gasteiger partial charge in [-0.2, -0.15) is 0 Å². The summed E-state index contributed by atoms with van der Waals surface area (Å²) in [7, 11) is 0. The van der Waals surface area contributed by atoms with Crippen LogP contribution in [0.1, 0.15) is 40.5 Å². The summed E-state index contributed by atoms with van der Waals surface area (Å²) < 4.78 is 0.416. The fraction of sp³-hybridized carbons (Fsp3) is 0.750. The largest absolute Gasteiger partial charge is 1.00 e. The number of nitrogens with zero attached hydrogens (tertiary/aromatic N) is 1. The maximum absolute atomic E-state index is 11.5. The summed E-state index contributed by atoms with van der Waals surface area (Å²) in [6.07, 6.45) is 2.19. The van der Waals surface area contributed by atoms with Crippen LogP contribution in [0.3, 0.4) is 0 Å². The van der Waals surface area contributed by atoms with Crippen LogP contribution in [-0.2, 0) is 9.63 Å². The maximum atomic E-state index is 11.5. The van der Waals surface area contributed by atoms with Gasteiger partial charge >= 0.3 is 5.97 Å². The molecule has 0 aliphatic heterocycles. The number of halogens is 1. The van der Waals surface area contributed by atoms with Crippen LogP contribution in [0.25, 0.3) is 0 Å². The molecule has 0 saturated carbocycles. The lowest BCUT2D eigenvalue weighted by Gasteiger charge is -2.32. The van der Waals surface area contributed by atoms with Gasteiger partial charge < -0.3 is 24.0 Å². The van der Waals surface area contributed by atoms with Gasteiger partial charge in [-0.15, -0.1) is 4.65 Å². The predicted molar refractivity (Wildman–Crippen MR) is 62.0 cm³/mol. The van der Waals surface area contributed by atoms with E-state index >= 15 is 0 Å². The number of carbonyl (C=O) groups is 1. The van der Waals surface area contributed by atoms with Crippen molar-refractivity contribution in [1.82, 2.24) is 0 Å². The predicted octanol–water partition coefficient (Wildman–Crippen LogP) is -0.319. The summed E-state index contributed by atoms with van der Waals surface area (Å²) in [6, 6.07) is 0. The van der Waals surface area contributed by atoms with E-state index in [9.17, 15) is 4.79 Å². The molecule has 96 valence electrons. The van der Waals surface area contributed by atoms with Crippen LogP contribution < -0.4 is 24.0 Å². The van der Waals surface area contributed by atoms with Gasteiger partial charge in [-0.25, -0.2) is 4.79 Å². The molecule has 0 spiro atoms. The summed E-state index contributed by atoms with van der Waals surface area (Å²) in [6.45, 7) is 14.0. The second-order valence-electron chi connectivity index (χ2n) is 3.93. The molecule has 0 aromatic heterocycles. The Morgan fingerprint density at radius 3 is 2.06 bits per heavy atom. The van der Waals surface area contributed by atoms with Crippen LogP contribution in [-0.4, -0.2) is 30.2 Å². The molecule has 0 unspecified atom stereocenters. The van der Waals surface area contributed by atoms with E-state index in [2.05, 4.69) is 13.5 Å². The number of unbranched alkanes of at least 4 members (excludes halogenated alkanes) is 1. The smallest absolute Gasteiger partial charge is 0.392 e. The third kappa shape index (κ3) is 5.84. The van der Waals surface area contributed by atoms with E-state index in [0.29, 0.717) is 10.2 Å². The third-order valence-electron chi connectivity index (χ3n) is 2.70. The van der Waals surface area contributed by atoms with Gasteiger partial charge in [0.05, 0.1) is 0 Å². The Labute approximate surface area is 116 Å².